The van der Waals surface area contributed by atoms with E-state index in [-0.39, 0.29) is 13.5 Å². The fourth-order valence-corrected chi connectivity index (χ4v) is 55.1. The summed E-state index contributed by atoms with van der Waals surface area (Å²) in [4.78, 5) is 9.89. The predicted molar refractivity (Wildman–Crippen MR) is 51.3 cm³/mol. The van der Waals surface area contributed by atoms with Crippen LogP contribution in [0.15, 0.2) is 0 Å². The molecule has 0 aromatic heterocycles. The molecule has 0 aliphatic rings. The average molecular weight is 363 g/mol. The minimum atomic E-state index is -0.683. The normalized spacial score (nSPS) is 8.62. The van der Waals surface area contributed by atoms with Gasteiger partial charge in [-0.25, -0.2) is 0 Å². The largest absolute Gasteiger partial charge is 0.813 e. The summed E-state index contributed by atoms with van der Waals surface area (Å²) in [5.74, 6) is 0. The maximum absolute atomic E-state index is 2.47. The van der Waals surface area contributed by atoms with Crippen LogP contribution in [-0.4, -0.2) is 36.8 Å². The monoisotopic (exact) mass is 365 g/mol. The van der Waals surface area contributed by atoms with Crippen LogP contribution in [0.3, 0.4) is 0 Å². The maximum Gasteiger partial charge on any atom is -0.813 e. The first-order chi connectivity index (χ1) is 3.13. The van der Waals surface area contributed by atoms with Crippen LogP contribution >= 0.6 is 6.13 Å². The van der Waals surface area contributed by atoms with E-state index in [0.29, 0.717) is 0 Å². The van der Waals surface area contributed by atoms with Crippen LogP contribution in [0.2, 0.25) is 19.8 Å². The van der Waals surface area contributed by atoms with E-state index in [1.165, 1.54) is 0 Å². The third-order valence-electron chi connectivity index (χ3n) is 0.408. The fraction of sp³-hybridized carbons (Fsp3) is 1.00. The van der Waals surface area contributed by atoms with Crippen molar-refractivity contribution in [3.05, 3.63) is 0 Å². The van der Waals surface area contributed by atoms with Gasteiger partial charge in [-0.05, 0) is 0 Å². The average Bonchev–Trinajstić information content (AvgIpc) is 1.27. The van der Waals surface area contributed by atoms with Crippen molar-refractivity contribution in [3.63, 3.8) is 0 Å². The van der Waals surface area contributed by atoms with Crippen molar-refractivity contribution < 1.29 is 0 Å². The van der Waals surface area contributed by atoms with Crippen molar-refractivity contribution in [1.29, 1.82) is 0 Å². The Morgan fingerprint density at radius 2 is 1.62 bits per heavy atom. The second kappa shape index (κ2) is 7.40. The van der Waals surface area contributed by atoms with E-state index in [1.807, 2.05) is 0 Å². The molecule has 0 aliphatic heterocycles. The Morgan fingerprint density at radius 1 is 1.25 bits per heavy atom. The Morgan fingerprint density at radius 3 is 1.62 bits per heavy atom. The number of hydrogen-bond donors (Lipinski definition) is 0. The molecule has 0 bridgehead atoms. The Hall–Kier alpha value is 2.30. The van der Waals surface area contributed by atoms with E-state index in [9.17, 15) is 0 Å². The summed E-state index contributed by atoms with van der Waals surface area (Å²) in [5.41, 5.74) is 0. The molecule has 0 N–H and O–H groups in total. The molecule has 0 atom stereocenters. The van der Waals surface area contributed by atoms with Crippen LogP contribution in [0.1, 0.15) is 0 Å². The Balaban J connectivity index is 0. The molecular weight excluding hydrogens is 350 g/mol. The van der Waals surface area contributed by atoms with Gasteiger partial charge in [0.2, 0.25) is 0 Å². The summed E-state index contributed by atoms with van der Waals surface area (Å²) in [6.07, 6.45) is 2.40. The van der Waals surface area contributed by atoms with E-state index in [0.717, 1.165) is 0 Å². The number of rotatable bonds is 2. The Bertz CT molecular complexity index is 41.3. The zero-order valence-corrected chi connectivity index (χ0v) is 13.3. The zero-order chi connectivity index (χ0) is 5.86. The topological polar surface area (TPSA) is 0 Å². The summed E-state index contributed by atoms with van der Waals surface area (Å²) in [5, 5.41) is 0. The molecule has 1 radical (unpaired) electrons. The molecule has 0 saturated heterocycles. The van der Waals surface area contributed by atoms with E-state index in [2.05, 4.69) is 25.9 Å². The molecule has 8 heavy (non-hydrogen) atoms. The van der Waals surface area contributed by atoms with Crippen molar-refractivity contribution in [2.45, 2.75) is 19.8 Å². The smallest absolute Gasteiger partial charge is 0.813 e. The first-order valence-electron chi connectivity index (χ1n) is 2.41. The van der Waals surface area contributed by atoms with Crippen LogP contribution in [0, 0.1) is 0 Å². The standard InChI is InChI=1S/4CH3.H2S.S.2Sn/h4*1H3;1H2;;;/q;;;;;;;+1/p-1. The summed E-state index contributed by atoms with van der Waals surface area (Å²) in [6.45, 7) is 0. The zero-order valence-electron chi connectivity index (χ0n) is 5.86. The van der Waals surface area contributed by atoms with Gasteiger partial charge >= 0.3 is 62.6 Å². The first-order valence-corrected chi connectivity index (χ1v) is 21.6. The van der Waals surface area contributed by atoms with Gasteiger partial charge in [-0.1, -0.05) is 0 Å². The van der Waals surface area contributed by atoms with Gasteiger partial charge in [-0.2, -0.15) is 0 Å². The SMILES string of the molecule is [CH3][Sn]([CH3])[S][Sn+]([CH3])[CH3].[SH-]. The Labute approximate surface area is 75.0 Å². The summed E-state index contributed by atoms with van der Waals surface area (Å²) < 4.78 is 0. The van der Waals surface area contributed by atoms with Crippen molar-refractivity contribution >= 4 is 56.4 Å². The molecular formula is C4H13S2Sn2. The molecule has 0 saturated carbocycles. The van der Waals surface area contributed by atoms with Gasteiger partial charge in [0.25, 0.3) is 0 Å². The molecule has 0 unspecified atom stereocenters. The van der Waals surface area contributed by atoms with Crippen LogP contribution in [0.5, 0.6) is 0 Å². The molecule has 0 fully saturated rings. The number of thiol groups is 1. The third-order valence-corrected chi connectivity index (χ3v) is 55.1. The van der Waals surface area contributed by atoms with Gasteiger partial charge in [-0.15, -0.1) is 0 Å². The number of hydrogen-bond acceptors (Lipinski definition) is 2. The van der Waals surface area contributed by atoms with E-state index in [1.54, 1.807) is 0 Å². The molecule has 4 heteroatoms. The Kier molecular flexibility index (Phi) is 12.0. The predicted octanol–water partition coefficient (Wildman–Crippen LogP) is 1.95. The van der Waals surface area contributed by atoms with Gasteiger partial charge in [0, 0.05) is 0 Å². The minimum Gasteiger partial charge on any atom is -0.813 e. The van der Waals surface area contributed by atoms with Crippen molar-refractivity contribution in [1.82, 2.24) is 0 Å². The van der Waals surface area contributed by atoms with Gasteiger partial charge in [-0.3, -0.25) is 0 Å². The summed E-state index contributed by atoms with van der Waals surface area (Å²) in [6, 6.07) is 0. The molecule has 0 aromatic carbocycles. The van der Waals surface area contributed by atoms with Gasteiger partial charge in [0.15, 0.2) is 0 Å². The molecule has 0 aliphatic carbocycles. The molecule has 0 spiro atoms. The maximum atomic E-state index is 2.47. The molecule has 49 valence electrons. The van der Waals surface area contributed by atoms with Gasteiger partial charge < -0.3 is 13.5 Å². The molecule has 0 heterocycles. The fourth-order valence-electron chi connectivity index (χ4n) is 0.408. The molecule has 0 amide bonds. The third kappa shape index (κ3) is 11.1. The summed E-state index contributed by atoms with van der Waals surface area (Å²) >= 11 is -1.37. The van der Waals surface area contributed by atoms with E-state index in [4.69, 9.17) is 0 Å². The molecule has 0 nitrogen and oxygen atoms in total. The minimum absolute atomic E-state index is 0. The van der Waals surface area contributed by atoms with Crippen LogP contribution in [0.25, 0.3) is 0 Å². The first kappa shape index (κ1) is 12.9. The van der Waals surface area contributed by atoms with Crippen LogP contribution < -0.4 is 0 Å². The van der Waals surface area contributed by atoms with Gasteiger partial charge in [0.1, 0.15) is 0 Å². The van der Waals surface area contributed by atoms with E-state index >= 15 is 0 Å². The van der Waals surface area contributed by atoms with E-state index < -0.39 is 36.8 Å². The van der Waals surface area contributed by atoms with Crippen LogP contribution in [0.4, 0.5) is 0 Å². The van der Waals surface area contributed by atoms with Crippen molar-refractivity contribution in [2.75, 3.05) is 0 Å². The van der Waals surface area contributed by atoms with Gasteiger partial charge in [0.05, 0.1) is 0 Å². The summed E-state index contributed by atoms with van der Waals surface area (Å²) in [7, 11) is 0. The second-order valence-electron chi connectivity index (χ2n) is 1.92. The van der Waals surface area contributed by atoms with Crippen molar-refractivity contribution in [3.8, 4) is 0 Å². The molecule has 0 rings (SSSR count). The van der Waals surface area contributed by atoms with Crippen LogP contribution in [-0.2, 0) is 13.5 Å². The molecule has 0 aromatic rings. The quantitative estimate of drug-likeness (QED) is 0.418. The second-order valence-corrected chi connectivity index (χ2v) is 36.9. The van der Waals surface area contributed by atoms with Crippen molar-refractivity contribution in [2.24, 2.45) is 0 Å².